The SMILES string of the molecule is CCCCNc1cnn(C)c1. The van der Waals surface area contributed by atoms with E-state index in [1.165, 1.54) is 12.8 Å². The lowest BCUT2D eigenvalue weighted by atomic mass is 10.3. The quantitative estimate of drug-likeness (QED) is 0.666. The maximum absolute atomic E-state index is 4.05. The number of nitrogens with one attached hydrogen (secondary N) is 1. The second kappa shape index (κ2) is 4.01. The Morgan fingerprint density at radius 2 is 2.45 bits per heavy atom. The van der Waals surface area contributed by atoms with Gasteiger partial charge in [-0.3, -0.25) is 4.68 Å². The van der Waals surface area contributed by atoms with Crippen molar-refractivity contribution < 1.29 is 0 Å². The van der Waals surface area contributed by atoms with Crippen LogP contribution in [0.25, 0.3) is 0 Å². The zero-order valence-electron chi connectivity index (χ0n) is 7.17. The molecule has 0 aliphatic heterocycles. The van der Waals surface area contributed by atoms with Crippen molar-refractivity contribution in [3.63, 3.8) is 0 Å². The number of aromatic nitrogens is 2. The first-order valence-electron chi connectivity index (χ1n) is 4.05. The molecule has 0 fully saturated rings. The van der Waals surface area contributed by atoms with Gasteiger partial charge in [0, 0.05) is 19.8 Å². The van der Waals surface area contributed by atoms with Gasteiger partial charge < -0.3 is 5.32 Å². The molecular formula is C8H15N3. The summed E-state index contributed by atoms with van der Waals surface area (Å²) in [4.78, 5) is 0. The third kappa shape index (κ3) is 2.62. The summed E-state index contributed by atoms with van der Waals surface area (Å²) in [6.45, 7) is 3.23. The van der Waals surface area contributed by atoms with Crippen molar-refractivity contribution in [2.75, 3.05) is 11.9 Å². The summed E-state index contributed by atoms with van der Waals surface area (Å²) in [7, 11) is 1.92. The highest BCUT2D eigenvalue weighted by molar-refractivity contribution is 5.37. The van der Waals surface area contributed by atoms with Crippen LogP contribution in [-0.2, 0) is 7.05 Å². The molecule has 0 saturated carbocycles. The lowest BCUT2D eigenvalue weighted by Crippen LogP contribution is -1.99. The molecule has 0 saturated heterocycles. The summed E-state index contributed by atoms with van der Waals surface area (Å²) in [5.74, 6) is 0. The van der Waals surface area contributed by atoms with Crippen molar-refractivity contribution in [1.29, 1.82) is 0 Å². The number of nitrogens with zero attached hydrogens (tertiary/aromatic N) is 2. The van der Waals surface area contributed by atoms with Crippen LogP contribution in [0.5, 0.6) is 0 Å². The van der Waals surface area contributed by atoms with Crippen LogP contribution < -0.4 is 5.32 Å². The molecule has 0 radical (unpaired) electrons. The summed E-state index contributed by atoms with van der Waals surface area (Å²) >= 11 is 0. The van der Waals surface area contributed by atoms with E-state index >= 15 is 0 Å². The molecule has 1 rings (SSSR count). The summed E-state index contributed by atoms with van der Waals surface area (Å²) in [6, 6.07) is 0. The Labute approximate surface area is 67.4 Å². The van der Waals surface area contributed by atoms with Crippen LogP contribution in [0.3, 0.4) is 0 Å². The Balaban J connectivity index is 2.27. The van der Waals surface area contributed by atoms with Gasteiger partial charge in [0.05, 0.1) is 11.9 Å². The van der Waals surface area contributed by atoms with Gasteiger partial charge in [-0.2, -0.15) is 5.10 Å². The Morgan fingerprint density at radius 3 is 3.00 bits per heavy atom. The topological polar surface area (TPSA) is 29.9 Å². The third-order valence-electron chi connectivity index (χ3n) is 1.56. The molecule has 0 unspecified atom stereocenters. The van der Waals surface area contributed by atoms with Gasteiger partial charge >= 0.3 is 0 Å². The van der Waals surface area contributed by atoms with E-state index < -0.39 is 0 Å². The highest BCUT2D eigenvalue weighted by Gasteiger charge is 1.91. The van der Waals surface area contributed by atoms with Gasteiger partial charge in [-0.1, -0.05) is 13.3 Å². The minimum Gasteiger partial charge on any atom is -0.383 e. The molecule has 0 amide bonds. The van der Waals surface area contributed by atoms with Gasteiger partial charge in [0.2, 0.25) is 0 Å². The van der Waals surface area contributed by atoms with E-state index in [9.17, 15) is 0 Å². The van der Waals surface area contributed by atoms with Crippen LogP contribution in [-0.4, -0.2) is 16.3 Å². The number of rotatable bonds is 4. The number of aryl methyl sites for hydroxylation is 1. The predicted octanol–water partition coefficient (Wildman–Crippen LogP) is 1.63. The van der Waals surface area contributed by atoms with Gasteiger partial charge in [0.15, 0.2) is 0 Å². The second-order valence-corrected chi connectivity index (χ2v) is 2.68. The monoisotopic (exact) mass is 153 g/mol. The molecule has 0 spiro atoms. The lowest BCUT2D eigenvalue weighted by molar-refractivity contribution is 0.767. The summed E-state index contributed by atoms with van der Waals surface area (Å²) in [5, 5.41) is 7.33. The Bertz CT molecular complexity index is 205. The standard InChI is InChI=1S/C8H15N3/c1-3-4-5-9-8-6-10-11(2)7-8/h6-7,9H,3-5H2,1-2H3. The number of unbranched alkanes of at least 4 members (excludes halogenated alkanes) is 1. The molecule has 0 aliphatic rings. The van der Waals surface area contributed by atoms with Crippen molar-refractivity contribution in [1.82, 2.24) is 9.78 Å². The second-order valence-electron chi connectivity index (χ2n) is 2.68. The molecule has 1 heterocycles. The molecule has 1 N–H and O–H groups in total. The Kier molecular flexibility index (Phi) is 2.95. The average Bonchev–Trinajstić information content (AvgIpc) is 2.37. The van der Waals surface area contributed by atoms with Crippen LogP contribution in [0.15, 0.2) is 12.4 Å². The van der Waals surface area contributed by atoms with E-state index in [1.54, 1.807) is 4.68 Å². The Hall–Kier alpha value is -0.990. The van der Waals surface area contributed by atoms with Gasteiger partial charge in [-0.25, -0.2) is 0 Å². The molecule has 3 heteroatoms. The minimum absolute atomic E-state index is 1.04. The molecule has 1 aromatic rings. The van der Waals surface area contributed by atoms with Gasteiger partial charge in [0.25, 0.3) is 0 Å². The first kappa shape index (κ1) is 8.11. The molecule has 0 aliphatic carbocycles. The fraction of sp³-hybridized carbons (Fsp3) is 0.625. The van der Waals surface area contributed by atoms with Crippen molar-refractivity contribution in [2.45, 2.75) is 19.8 Å². The molecule has 11 heavy (non-hydrogen) atoms. The minimum atomic E-state index is 1.04. The third-order valence-corrected chi connectivity index (χ3v) is 1.56. The fourth-order valence-electron chi connectivity index (χ4n) is 0.922. The first-order chi connectivity index (χ1) is 5.33. The highest BCUT2D eigenvalue weighted by atomic mass is 15.3. The first-order valence-corrected chi connectivity index (χ1v) is 4.05. The predicted molar refractivity (Wildman–Crippen MR) is 46.6 cm³/mol. The van der Waals surface area contributed by atoms with Gasteiger partial charge in [0.1, 0.15) is 0 Å². The molecule has 3 nitrogen and oxygen atoms in total. The Morgan fingerprint density at radius 1 is 1.64 bits per heavy atom. The summed E-state index contributed by atoms with van der Waals surface area (Å²) in [5.41, 5.74) is 1.11. The van der Waals surface area contributed by atoms with Crippen molar-refractivity contribution in [2.24, 2.45) is 7.05 Å². The van der Waals surface area contributed by atoms with Crippen LogP contribution in [0.1, 0.15) is 19.8 Å². The molecule has 0 atom stereocenters. The molecule has 0 bridgehead atoms. The van der Waals surface area contributed by atoms with Crippen molar-refractivity contribution >= 4 is 5.69 Å². The van der Waals surface area contributed by atoms with Crippen LogP contribution in [0.4, 0.5) is 5.69 Å². The average molecular weight is 153 g/mol. The molecule has 0 aromatic carbocycles. The van der Waals surface area contributed by atoms with E-state index in [0.29, 0.717) is 0 Å². The van der Waals surface area contributed by atoms with E-state index in [2.05, 4.69) is 17.3 Å². The van der Waals surface area contributed by atoms with E-state index in [0.717, 1.165) is 12.2 Å². The number of hydrogen-bond donors (Lipinski definition) is 1. The zero-order valence-corrected chi connectivity index (χ0v) is 7.17. The maximum atomic E-state index is 4.05. The van der Waals surface area contributed by atoms with E-state index in [-0.39, 0.29) is 0 Å². The highest BCUT2D eigenvalue weighted by Crippen LogP contribution is 2.02. The summed E-state index contributed by atoms with van der Waals surface area (Å²) in [6.07, 6.45) is 6.27. The molecule has 1 aromatic heterocycles. The maximum Gasteiger partial charge on any atom is 0.0726 e. The van der Waals surface area contributed by atoms with Crippen molar-refractivity contribution in [3.8, 4) is 0 Å². The number of anilines is 1. The van der Waals surface area contributed by atoms with Crippen LogP contribution in [0, 0.1) is 0 Å². The molecule has 62 valence electrons. The zero-order chi connectivity index (χ0) is 8.10. The van der Waals surface area contributed by atoms with Crippen LogP contribution >= 0.6 is 0 Å². The normalized spacial score (nSPS) is 10.0. The van der Waals surface area contributed by atoms with Gasteiger partial charge in [-0.05, 0) is 6.42 Å². The van der Waals surface area contributed by atoms with Crippen molar-refractivity contribution in [3.05, 3.63) is 12.4 Å². The largest absolute Gasteiger partial charge is 0.383 e. The molecular weight excluding hydrogens is 138 g/mol. The van der Waals surface area contributed by atoms with Crippen LogP contribution in [0.2, 0.25) is 0 Å². The smallest absolute Gasteiger partial charge is 0.0726 e. The van der Waals surface area contributed by atoms with Gasteiger partial charge in [-0.15, -0.1) is 0 Å². The summed E-state index contributed by atoms with van der Waals surface area (Å²) < 4.78 is 1.80. The van der Waals surface area contributed by atoms with E-state index in [1.807, 2.05) is 19.4 Å². The lowest BCUT2D eigenvalue weighted by Gasteiger charge is -1.99. The van der Waals surface area contributed by atoms with E-state index in [4.69, 9.17) is 0 Å². The fourth-order valence-corrected chi connectivity index (χ4v) is 0.922. The number of hydrogen-bond acceptors (Lipinski definition) is 2.